The fourth-order valence-electron chi connectivity index (χ4n) is 3.90. The maximum absolute atomic E-state index is 11.1. The van der Waals surface area contributed by atoms with Gasteiger partial charge in [0, 0.05) is 31.7 Å². The van der Waals surface area contributed by atoms with Crippen LogP contribution in [0.3, 0.4) is 0 Å². The van der Waals surface area contributed by atoms with Crippen LogP contribution < -0.4 is 4.74 Å². The second-order valence-corrected chi connectivity index (χ2v) is 8.96. The molecule has 0 N–H and O–H groups in total. The summed E-state index contributed by atoms with van der Waals surface area (Å²) in [4.78, 5) is 0. The zero-order valence-corrected chi connectivity index (χ0v) is 19.4. The van der Waals surface area contributed by atoms with Crippen LogP contribution in [0.4, 0.5) is 0 Å². The fourth-order valence-corrected chi connectivity index (χ4v) is 4.23. The van der Waals surface area contributed by atoms with Crippen LogP contribution in [0, 0.1) is 12.3 Å². The molecule has 2 aromatic heterocycles. The molecule has 8 nitrogen and oxygen atoms in total. The highest BCUT2D eigenvalue weighted by atomic mass is 32.2. The molecule has 1 aliphatic heterocycles. The van der Waals surface area contributed by atoms with Crippen LogP contribution in [0.2, 0.25) is 0 Å². The molecule has 0 spiro atoms. The Morgan fingerprint density at radius 1 is 1.41 bits per heavy atom. The largest absolute Gasteiger partial charge is 0.474 e. The van der Waals surface area contributed by atoms with Crippen molar-refractivity contribution in [3.63, 3.8) is 0 Å². The third-order valence-electron chi connectivity index (χ3n) is 5.55. The fraction of sp³-hybridized carbons (Fsp3) is 0.478. The lowest BCUT2D eigenvalue weighted by Gasteiger charge is -2.23. The van der Waals surface area contributed by atoms with Crippen molar-refractivity contribution in [3.8, 4) is 29.4 Å². The first-order valence-corrected chi connectivity index (χ1v) is 12.2. The number of rotatable bonds is 8. The molecule has 0 bridgehead atoms. The summed E-state index contributed by atoms with van der Waals surface area (Å²) in [6.07, 6.45) is 12.6. The van der Waals surface area contributed by atoms with Crippen LogP contribution in [0.5, 0.6) is 5.88 Å². The maximum atomic E-state index is 11.1. The summed E-state index contributed by atoms with van der Waals surface area (Å²) in [6.45, 7) is 3.05. The zero-order valence-electron chi connectivity index (χ0n) is 18.6. The number of benzene rings is 1. The minimum atomic E-state index is -1.28. The predicted molar refractivity (Wildman–Crippen MR) is 123 cm³/mol. The van der Waals surface area contributed by atoms with E-state index in [1.54, 1.807) is 10.9 Å². The van der Waals surface area contributed by atoms with E-state index in [0.717, 1.165) is 47.9 Å². The van der Waals surface area contributed by atoms with E-state index in [4.69, 9.17) is 20.1 Å². The van der Waals surface area contributed by atoms with Gasteiger partial charge in [-0.1, -0.05) is 6.07 Å². The first-order valence-electron chi connectivity index (χ1n) is 10.7. The molecule has 3 aromatic rings. The number of nitrogens with zero attached hydrogens (tertiary/aromatic N) is 4. The highest BCUT2D eigenvalue weighted by molar-refractivity contribution is 7.79. The Balaban J connectivity index is 1.63. The van der Waals surface area contributed by atoms with Crippen LogP contribution in [0.15, 0.2) is 24.4 Å². The van der Waals surface area contributed by atoms with E-state index in [1.165, 1.54) is 6.26 Å². The Morgan fingerprint density at radius 3 is 2.97 bits per heavy atom. The molecule has 0 amide bonds. The number of terminal acetylenes is 1. The minimum Gasteiger partial charge on any atom is -0.474 e. The molecule has 3 atom stereocenters. The molecular formula is C23H28N4O4S. The van der Waals surface area contributed by atoms with Crippen molar-refractivity contribution >= 4 is 22.0 Å². The van der Waals surface area contributed by atoms with Gasteiger partial charge in [0.15, 0.2) is 17.3 Å². The molecule has 32 heavy (non-hydrogen) atoms. The third kappa shape index (κ3) is 4.72. The molecule has 3 unspecified atom stereocenters. The smallest absolute Gasteiger partial charge is 0.219 e. The quantitative estimate of drug-likeness (QED) is 0.482. The first-order chi connectivity index (χ1) is 15.5. The number of aromatic nitrogens is 4. The number of fused-ring (bicyclic) bond motifs is 1. The summed E-state index contributed by atoms with van der Waals surface area (Å²) < 4.78 is 31.9. The lowest BCUT2D eigenvalue weighted by Crippen LogP contribution is -2.19. The van der Waals surface area contributed by atoms with Crippen molar-refractivity contribution < 1.29 is 17.9 Å². The highest BCUT2D eigenvalue weighted by Gasteiger charge is 2.22. The number of ether oxygens (including phenoxy) is 2. The van der Waals surface area contributed by atoms with Gasteiger partial charge in [-0.3, -0.25) is 4.18 Å². The summed E-state index contributed by atoms with van der Waals surface area (Å²) in [7, 11) is 1.84. The molecule has 1 saturated heterocycles. The van der Waals surface area contributed by atoms with Gasteiger partial charge in [0.05, 0.1) is 30.0 Å². The van der Waals surface area contributed by atoms with Crippen molar-refractivity contribution in [2.75, 3.05) is 19.5 Å². The topological polar surface area (TPSA) is 80.4 Å². The van der Waals surface area contributed by atoms with Crippen LogP contribution >= 0.6 is 0 Å². The Kier molecular flexibility index (Phi) is 6.94. The van der Waals surface area contributed by atoms with E-state index < -0.39 is 11.1 Å². The molecule has 3 heterocycles. The summed E-state index contributed by atoms with van der Waals surface area (Å²) in [5.41, 5.74) is 3.36. The van der Waals surface area contributed by atoms with E-state index in [9.17, 15) is 4.21 Å². The van der Waals surface area contributed by atoms with E-state index in [1.807, 2.05) is 36.9 Å². The van der Waals surface area contributed by atoms with Crippen LogP contribution in [0.1, 0.15) is 44.5 Å². The summed E-state index contributed by atoms with van der Waals surface area (Å²) in [6, 6.07) is 6.09. The standard InChI is InChI=1S/C23H28N4O4S/c1-5-20-18-14-17(9-10-21(18)27(25-20)22-8-6-7-12-29-22)19-15-24-26(3)23(19)31-16(2)11-13-30-32(4)28/h1,9-10,14-16,22H,6-8,11-13H2,2-4H3. The SMILES string of the molecule is C#Cc1nn(C2CCCCO2)c2ccc(-c3cnn(C)c3OC(C)CCOS(C)=O)cc12. The summed E-state index contributed by atoms with van der Waals surface area (Å²) in [5.74, 6) is 3.37. The molecule has 4 rings (SSSR count). The van der Waals surface area contributed by atoms with Crippen molar-refractivity contribution in [1.29, 1.82) is 0 Å². The minimum absolute atomic E-state index is 0.0861. The van der Waals surface area contributed by atoms with Gasteiger partial charge in [-0.2, -0.15) is 10.2 Å². The zero-order chi connectivity index (χ0) is 22.7. The van der Waals surface area contributed by atoms with Gasteiger partial charge in [-0.25, -0.2) is 13.6 Å². The summed E-state index contributed by atoms with van der Waals surface area (Å²) >= 11 is -1.28. The van der Waals surface area contributed by atoms with Crippen molar-refractivity contribution in [2.24, 2.45) is 7.05 Å². The lowest BCUT2D eigenvalue weighted by molar-refractivity contribution is -0.0367. The van der Waals surface area contributed by atoms with Crippen molar-refractivity contribution in [1.82, 2.24) is 19.6 Å². The molecule has 1 aromatic carbocycles. The van der Waals surface area contributed by atoms with Gasteiger partial charge in [-0.05, 0) is 49.8 Å². The van der Waals surface area contributed by atoms with E-state index in [0.29, 0.717) is 24.6 Å². The molecule has 0 radical (unpaired) electrons. The van der Waals surface area contributed by atoms with Gasteiger partial charge in [0.1, 0.15) is 5.69 Å². The maximum Gasteiger partial charge on any atom is 0.219 e. The average molecular weight is 457 g/mol. The second-order valence-electron chi connectivity index (χ2n) is 7.92. The lowest BCUT2D eigenvalue weighted by atomic mass is 10.1. The molecular weight excluding hydrogens is 428 g/mol. The Bertz CT molecular complexity index is 1160. The Morgan fingerprint density at radius 2 is 2.25 bits per heavy atom. The van der Waals surface area contributed by atoms with Gasteiger partial charge >= 0.3 is 0 Å². The van der Waals surface area contributed by atoms with Crippen molar-refractivity contribution in [2.45, 2.75) is 44.9 Å². The van der Waals surface area contributed by atoms with Gasteiger partial charge in [0.2, 0.25) is 5.88 Å². The van der Waals surface area contributed by atoms with E-state index in [2.05, 4.69) is 16.1 Å². The molecule has 170 valence electrons. The van der Waals surface area contributed by atoms with Gasteiger partial charge in [0.25, 0.3) is 0 Å². The monoisotopic (exact) mass is 456 g/mol. The van der Waals surface area contributed by atoms with Crippen LogP contribution in [0.25, 0.3) is 22.0 Å². The first kappa shape index (κ1) is 22.5. The Labute approximate surface area is 190 Å². The van der Waals surface area contributed by atoms with Crippen molar-refractivity contribution in [3.05, 3.63) is 30.1 Å². The Hall–Kier alpha value is -2.67. The normalized spacial score (nSPS) is 18.4. The van der Waals surface area contributed by atoms with Crippen LogP contribution in [-0.4, -0.2) is 49.3 Å². The third-order valence-corrected chi connectivity index (χ3v) is 6.05. The highest BCUT2D eigenvalue weighted by Crippen LogP contribution is 2.35. The van der Waals surface area contributed by atoms with E-state index in [-0.39, 0.29) is 12.3 Å². The molecule has 0 aliphatic carbocycles. The number of aryl methyl sites for hydroxylation is 1. The molecule has 9 heteroatoms. The molecule has 0 saturated carbocycles. The van der Waals surface area contributed by atoms with E-state index >= 15 is 0 Å². The predicted octanol–water partition coefficient (Wildman–Crippen LogP) is 3.58. The molecule has 1 fully saturated rings. The van der Waals surface area contributed by atoms with Crippen LogP contribution in [-0.2, 0) is 27.0 Å². The molecule has 1 aliphatic rings. The van der Waals surface area contributed by atoms with Gasteiger partial charge in [-0.15, -0.1) is 6.42 Å². The number of hydrogen-bond acceptors (Lipinski definition) is 6. The average Bonchev–Trinajstić information content (AvgIpc) is 3.34. The number of hydrogen-bond donors (Lipinski definition) is 0. The second kappa shape index (κ2) is 9.86. The van der Waals surface area contributed by atoms with Gasteiger partial charge < -0.3 is 9.47 Å². The summed E-state index contributed by atoms with van der Waals surface area (Å²) in [5, 5.41) is 9.94.